The normalized spacial score (nSPS) is 12.3. The lowest BCUT2D eigenvalue weighted by atomic mass is 10.0. The molecule has 0 radical (unpaired) electrons. The van der Waals surface area contributed by atoms with E-state index in [9.17, 15) is 4.55 Å². The van der Waals surface area contributed by atoms with Crippen molar-refractivity contribution < 1.29 is 4.55 Å². The second kappa shape index (κ2) is 6.83. The third kappa shape index (κ3) is 2.62. The molecule has 136 valence electrons. The minimum atomic E-state index is -2.43. The van der Waals surface area contributed by atoms with Crippen LogP contribution in [-0.2, 0) is 0 Å². The molecule has 0 atom stereocenters. The third-order valence-electron chi connectivity index (χ3n) is 5.19. The van der Waals surface area contributed by atoms with Crippen LogP contribution in [0.3, 0.4) is 0 Å². The fourth-order valence-corrected chi connectivity index (χ4v) is 6.75. The van der Waals surface area contributed by atoms with Gasteiger partial charge >= 0.3 is 0 Å². The Balaban J connectivity index is 1.99. The van der Waals surface area contributed by atoms with Crippen LogP contribution in [0.2, 0.25) is 0 Å². The van der Waals surface area contributed by atoms with Gasteiger partial charge < -0.3 is 4.55 Å². The van der Waals surface area contributed by atoms with Gasteiger partial charge in [-0.15, -0.1) is 0 Å². The highest BCUT2D eigenvalue weighted by Crippen LogP contribution is 2.68. The van der Waals surface area contributed by atoms with Crippen LogP contribution in [0.25, 0.3) is 21.5 Å². The van der Waals surface area contributed by atoms with Gasteiger partial charge in [0.15, 0.2) is 0 Å². The first-order valence-electron chi connectivity index (χ1n) is 9.35. The van der Waals surface area contributed by atoms with E-state index >= 15 is 0 Å². The largest absolute Gasteiger partial charge is 0.338 e. The molecule has 2 heteroatoms. The lowest BCUT2D eigenvalue weighted by molar-refractivity contribution is 0.625. The van der Waals surface area contributed by atoms with Gasteiger partial charge in [-0.25, -0.2) is 0 Å². The van der Waals surface area contributed by atoms with Crippen LogP contribution in [0.5, 0.6) is 0 Å². The summed E-state index contributed by atoms with van der Waals surface area (Å²) in [5.41, 5.74) is 0. The van der Waals surface area contributed by atoms with Crippen molar-refractivity contribution in [3.05, 3.63) is 115 Å². The SMILES string of the molecule is OS(c1ccccc1)(c1ccccc1)c1c2ccccc2cc2ccccc12. The summed E-state index contributed by atoms with van der Waals surface area (Å²) in [5, 5.41) is 4.50. The summed E-state index contributed by atoms with van der Waals surface area (Å²) in [4.78, 5) is 2.91. The van der Waals surface area contributed by atoms with E-state index in [0.29, 0.717) is 0 Å². The Kier molecular flexibility index (Phi) is 4.16. The zero-order valence-electron chi connectivity index (χ0n) is 15.3. The lowest BCUT2D eigenvalue weighted by Gasteiger charge is -2.37. The highest BCUT2D eigenvalue weighted by Gasteiger charge is 2.31. The topological polar surface area (TPSA) is 20.2 Å². The molecule has 0 amide bonds. The summed E-state index contributed by atoms with van der Waals surface area (Å²) >= 11 is 0. The van der Waals surface area contributed by atoms with Crippen LogP contribution < -0.4 is 0 Å². The van der Waals surface area contributed by atoms with E-state index in [0.717, 1.165) is 36.2 Å². The smallest absolute Gasteiger partial charge is 0.0370 e. The maximum absolute atomic E-state index is 12.5. The van der Waals surface area contributed by atoms with E-state index in [1.54, 1.807) is 0 Å². The van der Waals surface area contributed by atoms with Crippen molar-refractivity contribution in [3.8, 4) is 0 Å². The van der Waals surface area contributed by atoms with Crippen molar-refractivity contribution in [2.24, 2.45) is 0 Å². The second-order valence-corrected chi connectivity index (χ2v) is 9.37. The molecule has 0 spiro atoms. The summed E-state index contributed by atoms with van der Waals surface area (Å²) in [6.45, 7) is 0. The Morgan fingerprint density at radius 3 is 1.32 bits per heavy atom. The molecule has 0 saturated carbocycles. The molecular formula is C26H20OS. The standard InChI is InChI=1S/C26H20OS/c27-28(22-13-3-1-4-14-22,23-15-5-2-6-16-23)26-24-17-9-7-11-20(24)19-21-12-8-10-18-25(21)26/h1-19,27H. The van der Waals surface area contributed by atoms with Crippen molar-refractivity contribution in [1.82, 2.24) is 0 Å². The predicted molar refractivity (Wildman–Crippen MR) is 119 cm³/mol. The molecule has 5 aromatic carbocycles. The molecule has 0 unspecified atom stereocenters. The second-order valence-electron chi connectivity index (χ2n) is 6.85. The molecule has 28 heavy (non-hydrogen) atoms. The summed E-state index contributed by atoms with van der Waals surface area (Å²) < 4.78 is 12.5. The Labute approximate surface area is 166 Å². The zero-order valence-corrected chi connectivity index (χ0v) is 16.1. The number of fused-ring (bicyclic) bond motifs is 2. The first-order valence-corrected chi connectivity index (χ1v) is 10.9. The number of hydrogen-bond acceptors (Lipinski definition) is 1. The van der Waals surface area contributed by atoms with E-state index in [1.807, 2.05) is 60.7 Å². The van der Waals surface area contributed by atoms with Gasteiger partial charge in [0.2, 0.25) is 0 Å². The van der Waals surface area contributed by atoms with Gasteiger partial charge in [-0.3, -0.25) is 0 Å². The van der Waals surface area contributed by atoms with Crippen molar-refractivity contribution in [1.29, 1.82) is 0 Å². The van der Waals surface area contributed by atoms with E-state index in [-0.39, 0.29) is 0 Å². The maximum atomic E-state index is 12.5. The molecule has 0 heterocycles. The first-order chi connectivity index (χ1) is 13.8. The van der Waals surface area contributed by atoms with Gasteiger partial charge in [-0.1, -0.05) is 95.2 Å². The molecule has 0 fully saturated rings. The summed E-state index contributed by atoms with van der Waals surface area (Å²) in [6, 6.07) is 39.1. The molecule has 0 aliphatic carbocycles. The fourth-order valence-electron chi connectivity index (χ4n) is 3.90. The molecule has 0 aliphatic heterocycles. The van der Waals surface area contributed by atoms with E-state index in [1.165, 1.54) is 0 Å². The average molecular weight is 381 g/mol. The van der Waals surface area contributed by atoms with Crippen LogP contribution in [-0.4, -0.2) is 4.55 Å². The van der Waals surface area contributed by atoms with E-state index in [2.05, 4.69) is 54.6 Å². The Morgan fingerprint density at radius 1 is 0.464 bits per heavy atom. The van der Waals surface area contributed by atoms with Crippen LogP contribution in [0.4, 0.5) is 0 Å². The summed E-state index contributed by atoms with van der Waals surface area (Å²) in [5.74, 6) is 0. The van der Waals surface area contributed by atoms with Gasteiger partial charge in [-0.2, -0.15) is 0 Å². The summed E-state index contributed by atoms with van der Waals surface area (Å²) in [6.07, 6.45) is 0. The molecule has 0 saturated heterocycles. The average Bonchev–Trinajstić information content (AvgIpc) is 2.78. The molecule has 5 aromatic rings. The number of benzene rings is 5. The minimum Gasteiger partial charge on any atom is -0.338 e. The maximum Gasteiger partial charge on any atom is 0.0370 e. The van der Waals surface area contributed by atoms with Crippen LogP contribution in [0.15, 0.2) is 130 Å². The zero-order chi connectivity index (χ0) is 19.0. The van der Waals surface area contributed by atoms with Gasteiger partial charge in [0.1, 0.15) is 0 Å². The Bertz CT molecular complexity index is 1170. The molecule has 1 N–H and O–H groups in total. The number of rotatable bonds is 3. The summed E-state index contributed by atoms with van der Waals surface area (Å²) in [7, 11) is -2.43. The predicted octanol–water partition coefficient (Wildman–Crippen LogP) is 7.75. The highest BCUT2D eigenvalue weighted by atomic mass is 32.3. The van der Waals surface area contributed by atoms with Gasteiger partial charge in [0.25, 0.3) is 0 Å². The first kappa shape index (κ1) is 17.1. The van der Waals surface area contributed by atoms with Crippen LogP contribution in [0.1, 0.15) is 0 Å². The van der Waals surface area contributed by atoms with Gasteiger partial charge in [0, 0.05) is 14.7 Å². The van der Waals surface area contributed by atoms with Crippen LogP contribution >= 0.6 is 10.3 Å². The van der Waals surface area contributed by atoms with Crippen molar-refractivity contribution in [2.45, 2.75) is 14.7 Å². The quantitative estimate of drug-likeness (QED) is 0.317. The monoisotopic (exact) mass is 380 g/mol. The molecule has 1 nitrogen and oxygen atoms in total. The van der Waals surface area contributed by atoms with Gasteiger partial charge in [-0.05, 0) is 51.9 Å². The molecule has 5 rings (SSSR count). The number of hydrogen-bond donors (Lipinski definition) is 1. The Morgan fingerprint density at radius 2 is 0.857 bits per heavy atom. The lowest BCUT2D eigenvalue weighted by Crippen LogP contribution is -2.04. The Hall–Kier alpha value is -3.07. The molecule has 0 aliphatic rings. The molecule has 0 aromatic heterocycles. The highest BCUT2D eigenvalue weighted by molar-refractivity contribution is 8.29. The van der Waals surface area contributed by atoms with Crippen molar-refractivity contribution in [3.63, 3.8) is 0 Å². The third-order valence-corrected chi connectivity index (χ3v) is 8.13. The van der Waals surface area contributed by atoms with Gasteiger partial charge in [0.05, 0.1) is 0 Å². The fraction of sp³-hybridized carbons (Fsp3) is 0. The molecule has 0 bridgehead atoms. The minimum absolute atomic E-state index is 0.947. The van der Waals surface area contributed by atoms with Crippen molar-refractivity contribution in [2.75, 3.05) is 0 Å². The van der Waals surface area contributed by atoms with E-state index in [4.69, 9.17) is 0 Å². The molecular weight excluding hydrogens is 360 g/mol. The van der Waals surface area contributed by atoms with Crippen LogP contribution in [0, 0.1) is 0 Å². The van der Waals surface area contributed by atoms with E-state index < -0.39 is 10.3 Å². The van der Waals surface area contributed by atoms with Crippen molar-refractivity contribution >= 4 is 31.9 Å².